The minimum atomic E-state index is -5.00. The number of ether oxygens (including phenoxy) is 1. The third-order valence-corrected chi connectivity index (χ3v) is 8.46. The van der Waals surface area contributed by atoms with Crippen LogP contribution in [0.15, 0.2) is 41.3 Å². The summed E-state index contributed by atoms with van der Waals surface area (Å²) in [5, 5.41) is 11.4. The molecular weight excluding hydrogens is 500 g/mol. The van der Waals surface area contributed by atoms with Crippen LogP contribution in [0.4, 0.5) is 17.6 Å². The van der Waals surface area contributed by atoms with Gasteiger partial charge in [-0.2, -0.15) is 13.2 Å². The van der Waals surface area contributed by atoms with E-state index in [1.807, 2.05) is 0 Å². The van der Waals surface area contributed by atoms with Crippen molar-refractivity contribution in [2.75, 3.05) is 20.7 Å². The van der Waals surface area contributed by atoms with Gasteiger partial charge in [-0.1, -0.05) is 13.8 Å². The lowest BCUT2D eigenvalue weighted by molar-refractivity contribution is -0.266. The second-order valence-electron chi connectivity index (χ2n) is 10.1. The highest BCUT2D eigenvalue weighted by molar-refractivity contribution is 7.89. The molecule has 1 aromatic heterocycles. The van der Waals surface area contributed by atoms with Crippen molar-refractivity contribution >= 4 is 20.9 Å². The molecule has 0 bridgehead atoms. The van der Waals surface area contributed by atoms with Crippen molar-refractivity contribution in [1.82, 2.24) is 9.29 Å². The van der Waals surface area contributed by atoms with Gasteiger partial charge >= 0.3 is 6.18 Å². The number of H-pyrrole nitrogens is 1. The zero-order valence-corrected chi connectivity index (χ0v) is 21.1. The number of hydrogen-bond donors (Lipinski definition) is 2. The molecule has 2 aromatic carbocycles. The number of aromatic nitrogens is 1. The number of aromatic amines is 1. The first-order chi connectivity index (χ1) is 16.5. The van der Waals surface area contributed by atoms with Gasteiger partial charge in [-0.3, -0.25) is 0 Å². The van der Waals surface area contributed by atoms with Crippen LogP contribution < -0.4 is 4.74 Å². The summed E-state index contributed by atoms with van der Waals surface area (Å²) >= 11 is 0. The topological polar surface area (TPSA) is 82.6 Å². The number of nitrogens with one attached hydrogen (secondary N) is 1. The first kappa shape index (κ1) is 26.4. The summed E-state index contributed by atoms with van der Waals surface area (Å²) in [6.45, 7) is 3.35. The Morgan fingerprint density at radius 3 is 2.44 bits per heavy atom. The Kier molecular flexibility index (Phi) is 6.42. The van der Waals surface area contributed by atoms with E-state index in [9.17, 15) is 31.1 Å². The van der Waals surface area contributed by atoms with Crippen molar-refractivity contribution in [3.63, 3.8) is 0 Å². The van der Waals surface area contributed by atoms with Gasteiger partial charge in [0, 0.05) is 54.7 Å². The highest BCUT2D eigenvalue weighted by Crippen LogP contribution is 2.47. The van der Waals surface area contributed by atoms with Crippen LogP contribution in [-0.2, 0) is 28.3 Å². The molecular formula is C25H28F4N2O4S. The van der Waals surface area contributed by atoms with E-state index < -0.39 is 45.9 Å². The molecule has 2 N–H and O–H groups in total. The fraction of sp³-hybridized carbons (Fsp3) is 0.440. The third kappa shape index (κ3) is 4.71. The lowest BCUT2D eigenvalue weighted by atomic mass is 9.72. The molecule has 0 aliphatic carbocycles. The Balaban J connectivity index is 1.70. The number of rotatable bonds is 7. The second-order valence-corrected chi connectivity index (χ2v) is 12.3. The summed E-state index contributed by atoms with van der Waals surface area (Å²) in [7, 11) is -0.971. The first-order valence-electron chi connectivity index (χ1n) is 11.3. The monoisotopic (exact) mass is 528 g/mol. The van der Waals surface area contributed by atoms with Crippen molar-refractivity contribution in [3.05, 3.63) is 59.0 Å². The van der Waals surface area contributed by atoms with Gasteiger partial charge in [0.1, 0.15) is 11.6 Å². The number of halogens is 4. The van der Waals surface area contributed by atoms with Gasteiger partial charge < -0.3 is 14.8 Å². The molecule has 2 heterocycles. The SMILES string of the molecule is CN(C)S(=O)(=O)c1ccc2[nH]c(CC(O)(CC(C)(C)c3cc(F)cc4c3OCC4)C(F)(F)F)cc2c1. The molecule has 0 amide bonds. The molecule has 196 valence electrons. The van der Waals surface area contributed by atoms with E-state index in [-0.39, 0.29) is 16.2 Å². The Hall–Kier alpha value is -2.63. The van der Waals surface area contributed by atoms with E-state index >= 15 is 0 Å². The predicted octanol–water partition coefficient (Wildman–Crippen LogP) is 4.70. The molecule has 11 heteroatoms. The highest BCUT2D eigenvalue weighted by atomic mass is 32.2. The molecule has 1 atom stereocenters. The molecule has 4 rings (SSSR count). The predicted molar refractivity (Wildman–Crippen MR) is 127 cm³/mol. The van der Waals surface area contributed by atoms with E-state index in [2.05, 4.69) is 4.98 Å². The molecule has 0 saturated heterocycles. The Labute approximate surface area is 206 Å². The van der Waals surface area contributed by atoms with E-state index in [1.54, 1.807) is 0 Å². The van der Waals surface area contributed by atoms with Gasteiger partial charge in [-0.15, -0.1) is 0 Å². The van der Waals surface area contributed by atoms with Crippen LogP contribution in [-0.4, -0.2) is 55.3 Å². The molecule has 0 saturated carbocycles. The number of benzene rings is 2. The average molecular weight is 529 g/mol. The van der Waals surface area contributed by atoms with E-state index in [1.165, 1.54) is 58.3 Å². The molecule has 1 aliphatic heterocycles. The molecule has 6 nitrogen and oxygen atoms in total. The van der Waals surface area contributed by atoms with Crippen molar-refractivity contribution in [3.8, 4) is 5.75 Å². The van der Waals surface area contributed by atoms with Crippen molar-refractivity contribution in [2.45, 2.75) is 55.2 Å². The van der Waals surface area contributed by atoms with Crippen LogP contribution in [0.1, 0.15) is 37.1 Å². The van der Waals surface area contributed by atoms with Crippen molar-refractivity contribution in [2.24, 2.45) is 0 Å². The summed E-state index contributed by atoms with van der Waals surface area (Å²) in [5.74, 6) is -0.205. The van der Waals surface area contributed by atoms with Gasteiger partial charge in [-0.25, -0.2) is 17.1 Å². The van der Waals surface area contributed by atoms with Crippen LogP contribution in [0.5, 0.6) is 5.75 Å². The number of nitrogens with zero attached hydrogens (tertiary/aromatic N) is 1. The fourth-order valence-corrected chi connectivity index (χ4v) is 5.75. The third-order valence-electron chi connectivity index (χ3n) is 6.65. The maximum Gasteiger partial charge on any atom is 0.417 e. The van der Waals surface area contributed by atoms with Crippen LogP contribution in [0.3, 0.4) is 0 Å². The lowest BCUT2D eigenvalue weighted by Gasteiger charge is -2.38. The van der Waals surface area contributed by atoms with Gasteiger partial charge in [0.05, 0.1) is 11.5 Å². The Bertz CT molecular complexity index is 1410. The summed E-state index contributed by atoms with van der Waals surface area (Å²) in [5.41, 5.74) is -3.07. The minimum Gasteiger partial charge on any atom is -0.493 e. The van der Waals surface area contributed by atoms with Gasteiger partial charge in [-0.05, 0) is 48.2 Å². The van der Waals surface area contributed by atoms with Crippen molar-refractivity contribution in [1.29, 1.82) is 0 Å². The van der Waals surface area contributed by atoms with Crippen LogP contribution >= 0.6 is 0 Å². The minimum absolute atomic E-state index is 0.00211. The number of sulfonamides is 1. The molecule has 0 fully saturated rings. The van der Waals surface area contributed by atoms with Crippen LogP contribution in [0, 0.1) is 5.82 Å². The standard InChI is InChI=1S/C25H28F4N2O4S/c1-23(2,20-12-17(26)9-15-7-8-35-22(15)20)14-24(32,25(27,28)29)13-18-10-16-11-19(5-6-21(16)30-18)36(33,34)31(3)4/h5-6,9-12,30,32H,7-8,13-14H2,1-4H3. The maximum absolute atomic E-state index is 14.3. The highest BCUT2D eigenvalue weighted by Gasteiger charge is 2.56. The number of fused-ring (bicyclic) bond motifs is 2. The largest absolute Gasteiger partial charge is 0.493 e. The molecule has 3 aromatic rings. The summed E-state index contributed by atoms with van der Waals surface area (Å²) in [6, 6.07) is 8.08. The maximum atomic E-state index is 14.3. The molecule has 1 unspecified atom stereocenters. The molecule has 0 radical (unpaired) electrons. The smallest absolute Gasteiger partial charge is 0.417 e. The Morgan fingerprint density at radius 1 is 1.11 bits per heavy atom. The summed E-state index contributed by atoms with van der Waals surface area (Å²) in [4.78, 5) is 2.85. The molecule has 0 spiro atoms. The zero-order valence-electron chi connectivity index (χ0n) is 20.3. The van der Waals surface area contributed by atoms with E-state index in [4.69, 9.17) is 4.74 Å². The lowest BCUT2D eigenvalue weighted by Crippen LogP contribution is -2.51. The summed E-state index contributed by atoms with van der Waals surface area (Å²) < 4.78 is 88.7. The number of hydrogen-bond acceptors (Lipinski definition) is 4. The van der Waals surface area contributed by atoms with Gasteiger partial charge in [0.25, 0.3) is 0 Å². The van der Waals surface area contributed by atoms with E-state index in [0.717, 1.165) is 10.4 Å². The van der Waals surface area contributed by atoms with Crippen LogP contribution in [0.2, 0.25) is 0 Å². The van der Waals surface area contributed by atoms with E-state index in [0.29, 0.717) is 35.2 Å². The fourth-order valence-electron chi connectivity index (χ4n) is 4.81. The number of aliphatic hydroxyl groups is 1. The quantitative estimate of drug-likeness (QED) is 0.436. The average Bonchev–Trinajstić information content (AvgIpc) is 3.36. The van der Waals surface area contributed by atoms with Gasteiger partial charge in [0.15, 0.2) is 5.60 Å². The Morgan fingerprint density at radius 2 is 1.81 bits per heavy atom. The first-order valence-corrected chi connectivity index (χ1v) is 12.8. The van der Waals surface area contributed by atoms with Crippen molar-refractivity contribution < 1.29 is 35.8 Å². The number of alkyl halides is 3. The van der Waals surface area contributed by atoms with Gasteiger partial charge in [0.2, 0.25) is 10.0 Å². The molecule has 1 aliphatic rings. The normalized spacial score (nSPS) is 16.3. The molecule has 36 heavy (non-hydrogen) atoms. The summed E-state index contributed by atoms with van der Waals surface area (Å²) in [6.07, 6.45) is -6.10. The second kappa shape index (κ2) is 8.74. The zero-order chi connectivity index (χ0) is 26.7. The van der Waals surface area contributed by atoms with Crippen LogP contribution in [0.25, 0.3) is 10.9 Å².